The van der Waals surface area contributed by atoms with Gasteiger partial charge in [0, 0.05) is 0 Å². The lowest BCUT2D eigenvalue weighted by atomic mass is 10.1. The molecule has 0 saturated heterocycles. The SMILES string of the molecule is O=C(CCl)[C@@H]1CCC=C(CCl)O1. The minimum atomic E-state index is -0.374. The van der Waals surface area contributed by atoms with Crippen LogP contribution < -0.4 is 0 Å². The number of halogens is 2. The van der Waals surface area contributed by atoms with Crippen LogP contribution in [0.3, 0.4) is 0 Å². The molecule has 0 amide bonds. The van der Waals surface area contributed by atoms with E-state index in [1.807, 2.05) is 6.08 Å². The van der Waals surface area contributed by atoms with E-state index in [9.17, 15) is 4.79 Å². The standard InChI is InChI=1S/C8H10Cl2O2/c9-4-6-2-1-3-8(12-6)7(11)5-10/h2,8H,1,3-5H2/t8-/m0/s1. The number of hydrogen-bond acceptors (Lipinski definition) is 2. The maximum atomic E-state index is 11.1. The molecule has 0 radical (unpaired) electrons. The minimum Gasteiger partial charge on any atom is -0.486 e. The molecule has 1 atom stereocenters. The molecule has 0 saturated carbocycles. The topological polar surface area (TPSA) is 26.3 Å². The average Bonchev–Trinajstić information content (AvgIpc) is 2.17. The fourth-order valence-corrected chi connectivity index (χ4v) is 1.43. The molecule has 0 aliphatic carbocycles. The summed E-state index contributed by atoms with van der Waals surface area (Å²) in [5.41, 5.74) is 0. The van der Waals surface area contributed by atoms with Gasteiger partial charge in [-0.1, -0.05) is 0 Å². The molecule has 1 rings (SSSR count). The molecule has 0 aromatic heterocycles. The smallest absolute Gasteiger partial charge is 0.187 e. The lowest BCUT2D eigenvalue weighted by Gasteiger charge is -2.21. The van der Waals surface area contributed by atoms with Crippen molar-refractivity contribution in [2.45, 2.75) is 18.9 Å². The number of carbonyl (C=O) groups is 1. The van der Waals surface area contributed by atoms with E-state index < -0.39 is 0 Å². The van der Waals surface area contributed by atoms with Crippen LogP contribution in [-0.2, 0) is 9.53 Å². The number of alkyl halides is 2. The molecule has 12 heavy (non-hydrogen) atoms. The normalized spacial score (nSPS) is 22.8. The summed E-state index contributed by atoms with van der Waals surface area (Å²) in [6.07, 6.45) is 3.09. The lowest BCUT2D eigenvalue weighted by molar-refractivity contribution is -0.126. The number of rotatable bonds is 3. The van der Waals surface area contributed by atoms with Crippen molar-refractivity contribution in [3.05, 3.63) is 11.8 Å². The molecule has 0 unspecified atom stereocenters. The van der Waals surface area contributed by atoms with E-state index in [-0.39, 0.29) is 17.8 Å². The Morgan fingerprint density at radius 1 is 1.67 bits per heavy atom. The fourth-order valence-electron chi connectivity index (χ4n) is 1.08. The van der Waals surface area contributed by atoms with Gasteiger partial charge in [-0.25, -0.2) is 0 Å². The van der Waals surface area contributed by atoms with Crippen LogP contribution >= 0.6 is 23.2 Å². The number of hydrogen-bond donors (Lipinski definition) is 0. The van der Waals surface area contributed by atoms with Crippen LogP contribution in [0, 0.1) is 0 Å². The van der Waals surface area contributed by atoms with Crippen LogP contribution in [0.4, 0.5) is 0 Å². The van der Waals surface area contributed by atoms with Crippen molar-refractivity contribution < 1.29 is 9.53 Å². The molecule has 1 heterocycles. The van der Waals surface area contributed by atoms with Crippen molar-refractivity contribution in [2.24, 2.45) is 0 Å². The van der Waals surface area contributed by atoms with Gasteiger partial charge in [-0.3, -0.25) is 4.79 Å². The number of allylic oxidation sites excluding steroid dienone is 2. The van der Waals surface area contributed by atoms with Gasteiger partial charge in [0.05, 0.1) is 11.8 Å². The Morgan fingerprint density at radius 3 is 3.00 bits per heavy atom. The Morgan fingerprint density at radius 2 is 2.42 bits per heavy atom. The molecule has 1 aliphatic rings. The monoisotopic (exact) mass is 208 g/mol. The van der Waals surface area contributed by atoms with E-state index in [0.717, 1.165) is 6.42 Å². The van der Waals surface area contributed by atoms with Gasteiger partial charge >= 0.3 is 0 Å². The van der Waals surface area contributed by atoms with Crippen molar-refractivity contribution in [2.75, 3.05) is 11.8 Å². The zero-order chi connectivity index (χ0) is 8.97. The molecule has 0 fully saturated rings. The summed E-state index contributed by atoms with van der Waals surface area (Å²) < 4.78 is 5.28. The summed E-state index contributed by atoms with van der Waals surface area (Å²) in [4.78, 5) is 11.1. The van der Waals surface area contributed by atoms with Crippen LogP contribution in [0.5, 0.6) is 0 Å². The van der Waals surface area contributed by atoms with Crippen molar-refractivity contribution >= 4 is 29.0 Å². The van der Waals surface area contributed by atoms with Gasteiger partial charge in [-0.15, -0.1) is 23.2 Å². The van der Waals surface area contributed by atoms with Gasteiger partial charge in [0.2, 0.25) is 0 Å². The predicted octanol–water partition coefficient (Wildman–Crippen LogP) is 2.10. The Labute approximate surface area is 81.5 Å². The largest absolute Gasteiger partial charge is 0.486 e. The first-order valence-corrected chi connectivity index (χ1v) is 4.85. The number of carbonyl (C=O) groups excluding carboxylic acids is 1. The van der Waals surface area contributed by atoms with Gasteiger partial charge in [0.25, 0.3) is 0 Å². The molecule has 0 N–H and O–H groups in total. The Kier molecular flexibility index (Phi) is 3.89. The van der Waals surface area contributed by atoms with Gasteiger partial charge < -0.3 is 4.74 Å². The van der Waals surface area contributed by atoms with Gasteiger partial charge in [0.15, 0.2) is 11.9 Å². The molecule has 0 spiro atoms. The third-order valence-corrected chi connectivity index (χ3v) is 2.24. The fraction of sp³-hybridized carbons (Fsp3) is 0.625. The van der Waals surface area contributed by atoms with Crippen LogP contribution in [0.25, 0.3) is 0 Å². The molecular weight excluding hydrogens is 199 g/mol. The molecular formula is C8H10Cl2O2. The minimum absolute atomic E-state index is 0.0141. The molecule has 1 aliphatic heterocycles. The van der Waals surface area contributed by atoms with Crippen molar-refractivity contribution in [1.29, 1.82) is 0 Å². The van der Waals surface area contributed by atoms with E-state index in [1.54, 1.807) is 0 Å². The van der Waals surface area contributed by atoms with Crippen molar-refractivity contribution in [3.8, 4) is 0 Å². The maximum Gasteiger partial charge on any atom is 0.187 e. The molecule has 2 nitrogen and oxygen atoms in total. The highest BCUT2D eigenvalue weighted by Crippen LogP contribution is 2.18. The van der Waals surface area contributed by atoms with E-state index in [2.05, 4.69) is 0 Å². The van der Waals surface area contributed by atoms with Crippen LogP contribution in [0.15, 0.2) is 11.8 Å². The number of Topliss-reactive ketones (excluding diaryl/α,β-unsaturated/α-hetero) is 1. The zero-order valence-corrected chi connectivity index (χ0v) is 8.07. The summed E-state index contributed by atoms with van der Waals surface area (Å²) in [5, 5.41) is 0. The van der Waals surface area contributed by atoms with Gasteiger partial charge in [-0.2, -0.15) is 0 Å². The third-order valence-electron chi connectivity index (χ3n) is 1.72. The second-order valence-corrected chi connectivity index (χ2v) is 3.12. The highest BCUT2D eigenvalue weighted by molar-refractivity contribution is 6.28. The zero-order valence-electron chi connectivity index (χ0n) is 6.56. The second kappa shape index (κ2) is 4.73. The average molecular weight is 209 g/mol. The second-order valence-electron chi connectivity index (χ2n) is 2.59. The summed E-state index contributed by atoms with van der Waals surface area (Å²) in [7, 11) is 0. The molecule has 0 aromatic carbocycles. The third kappa shape index (κ3) is 2.39. The lowest BCUT2D eigenvalue weighted by Crippen LogP contribution is -2.27. The summed E-state index contributed by atoms with van der Waals surface area (Å²) in [5.74, 6) is 0.963. The quantitative estimate of drug-likeness (QED) is 0.665. The van der Waals surface area contributed by atoms with E-state index >= 15 is 0 Å². The summed E-state index contributed by atoms with van der Waals surface area (Å²) in [6, 6.07) is 0. The van der Waals surface area contributed by atoms with E-state index in [1.165, 1.54) is 0 Å². The van der Waals surface area contributed by atoms with Gasteiger partial charge in [0.1, 0.15) is 5.76 Å². The van der Waals surface area contributed by atoms with Crippen molar-refractivity contribution in [3.63, 3.8) is 0 Å². The number of ether oxygens (including phenoxy) is 1. The molecule has 4 heteroatoms. The van der Waals surface area contributed by atoms with Gasteiger partial charge in [-0.05, 0) is 18.9 Å². The maximum absolute atomic E-state index is 11.1. The molecule has 0 aromatic rings. The molecule has 68 valence electrons. The van der Waals surface area contributed by atoms with E-state index in [0.29, 0.717) is 18.1 Å². The van der Waals surface area contributed by atoms with Crippen molar-refractivity contribution in [1.82, 2.24) is 0 Å². The van der Waals surface area contributed by atoms with E-state index in [4.69, 9.17) is 27.9 Å². The summed E-state index contributed by atoms with van der Waals surface area (Å²) >= 11 is 11.0. The first-order valence-electron chi connectivity index (χ1n) is 3.78. The highest BCUT2D eigenvalue weighted by atomic mass is 35.5. The highest BCUT2D eigenvalue weighted by Gasteiger charge is 2.22. The Hall–Kier alpha value is -0.210. The van der Waals surface area contributed by atoms with Crippen LogP contribution in [0.1, 0.15) is 12.8 Å². The molecule has 0 bridgehead atoms. The first-order chi connectivity index (χ1) is 5.77. The predicted molar refractivity (Wildman–Crippen MR) is 48.6 cm³/mol. The first kappa shape index (κ1) is 9.87. The Balaban J connectivity index is 2.51. The Bertz CT molecular complexity index is 201. The summed E-state index contributed by atoms with van der Waals surface area (Å²) in [6.45, 7) is 0. The van der Waals surface area contributed by atoms with Crippen LogP contribution in [-0.4, -0.2) is 23.6 Å². The number of ketones is 1. The van der Waals surface area contributed by atoms with Crippen LogP contribution in [0.2, 0.25) is 0 Å².